The standard InChI is InChI=1S/C17H20N4O2/c1-11-5-3-4-6-14(11)17(23)7-8-21(10-17)15(22)13-9-19-16(18)20-12(13)2/h3-6,9,23H,7-8,10H2,1-2H3,(H2,18,19,20)/t17-/m1/s1. The molecule has 0 saturated carbocycles. The lowest BCUT2D eigenvalue weighted by atomic mass is 9.89. The number of benzene rings is 1. The van der Waals surface area contributed by atoms with Crippen LogP contribution < -0.4 is 5.73 Å². The van der Waals surface area contributed by atoms with Crippen LogP contribution in [0.2, 0.25) is 0 Å². The molecule has 2 aromatic rings. The quantitative estimate of drug-likeness (QED) is 0.874. The van der Waals surface area contributed by atoms with Crippen molar-refractivity contribution >= 4 is 11.9 Å². The molecule has 1 amide bonds. The predicted molar refractivity (Wildman–Crippen MR) is 86.8 cm³/mol. The van der Waals surface area contributed by atoms with Crippen molar-refractivity contribution in [3.63, 3.8) is 0 Å². The second-order valence-corrected chi connectivity index (χ2v) is 6.05. The molecule has 1 saturated heterocycles. The summed E-state index contributed by atoms with van der Waals surface area (Å²) in [5.74, 6) is -0.0242. The van der Waals surface area contributed by atoms with E-state index in [4.69, 9.17) is 5.73 Å². The molecule has 1 aliphatic heterocycles. The number of nitrogens with zero attached hydrogens (tertiary/aromatic N) is 3. The molecule has 1 aromatic carbocycles. The van der Waals surface area contributed by atoms with Crippen molar-refractivity contribution in [3.8, 4) is 0 Å². The van der Waals surface area contributed by atoms with Crippen molar-refractivity contribution in [2.75, 3.05) is 18.8 Å². The van der Waals surface area contributed by atoms with E-state index in [-0.39, 0.29) is 18.4 Å². The van der Waals surface area contributed by atoms with Crippen molar-refractivity contribution in [1.29, 1.82) is 0 Å². The average molecular weight is 312 g/mol. The highest BCUT2D eigenvalue weighted by Crippen LogP contribution is 2.34. The number of carbonyl (C=O) groups excluding carboxylic acids is 1. The van der Waals surface area contributed by atoms with Crippen molar-refractivity contribution in [2.45, 2.75) is 25.9 Å². The fourth-order valence-electron chi connectivity index (χ4n) is 3.15. The largest absolute Gasteiger partial charge is 0.383 e. The third-order valence-electron chi connectivity index (χ3n) is 4.41. The zero-order chi connectivity index (χ0) is 16.6. The Kier molecular flexibility index (Phi) is 3.77. The van der Waals surface area contributed by atoms with Crippen molar-refractivity contribution in [1.82, 2.24) is 14.9 Å². The molecule has 3 N–H and O–H groups in total. The topological polar surface area (TPSA) is 92.3 Å². The molecule has 1 aliphatic rings. The van der Waals surface area contributed by atoms with Crippen LogP contribution in [0.1, 0.15) is 33.6 Å². The highest BCUT2D eigenvalue weighted by Gasteiger charge is 2.40. The van der Waals surface area contributed by atoms with Crippen LogP contribution in [0.15, 0.2) is 30.5 Å². The number of carbonyl (C=O) groups is 1. The van der Waals surface area contributed by atoms with Crippen molar-refractivity contribution in [2.24, 2.45) is 0 Å². The summed E-state index contributed by atoms with van der Waals surface area (Å²) in [6.07, 6.45) is 1.96. The minimum Gasteiger partial charge on any atom is -0.383 e. The summed E-state index contributed by atoms with van der Waals surface area (Å²) in [6, 6.07) is 7.73. The molecule has 23 heavy (non-hydrogen) atoms. The number of rotatable bonds is 2. The van der Waals surface area contributed by atoms with E-state index in [9.17, 15) is 9.90 Å². The Bertz CT molecular complexity index is 762. The third-order valence-corrected chi connectivity index (χ3v) is 4.41. The number of β-amino-alcohol motifs (C(OH)–C–C–N with tert-alkyl or cyclic N) is 1. The average Bonchev–Trinajstić information content (AvgIpc) is 2.90. The Morgan fingerprint density at radius 2 is 2.09 bits per heavy atom. The van der Waals surface area contributed by atoms with E-state index < -0.39 is 5.60 Å². The fraction of sp³-hybridized carbons (Fsp3) is 0.353. The molecule has 0 aliphatic carbocycles. The molecule has 0 radical (unpaired) electrons. The maximum Gasteiger partial charge on any atom is 0.257 e. The Hall–Kier alpha value is -2.47. The number of hydrogen-bond donors (Lipinski definition) is 2. The van der Waals surface area contributed by atoms with Gasteiger partial charge in [-0.25, -0.2) is 9.97 Å². The lowest BCUT2D eigenvalue weighted by Crippen LogP contribution is -2.35. The summed E-state index contributed by atoms with van der Waals surface area (Å²) in [6.45, 7) is 4.46. The van der Waals surface area contributed by atoms with E-state index in [2.05, 4.69) is 9.97 Å². The minimum absolute atomic E-state index is 0.150. The molecule has 0 bridgehead atoms. The number of aromatic nitrogens is 2. The Labute approximate surface area is 135 Å². The van der Waals surface area contributed by atoms with E-state index >= 15 is 0 Å². The van der Waals surface area contributed by atoms with Crippen LogP contribution in [-0.4, -0.2) is 39.0 Å². The summed E-state index contributed by atoms with van der Waals surface area (Å²) in [5, 5.41) is 11.0. The van der Waals surface area contributed by atoms with Gasteiger partial charge in [0.15, 0.2) is 0 Å². The van der Waals surface area contributed by atoms with Crippen LogP contribution in [-0.2, 0) is 5.60 Å². The van der Waals surface area contributed by atoms with Gasteiger partial charge in [-0.15, -0.1) is 0 Å². The first-order valence-corrected chi connectivity index (χ1v) is 7.57. The van der Waals surface area contributed by atoms with Gasteiger partial charge in [-0.2, -0.15) is 0 Å². The van der Waals surface area contributed by atoms with Crippen LogP contribution in [0, 0.1) is 13.8 Å². The Morgan fingerprint density at radius 1 is 1.35 bits per heavy atom. The van der Waals surface area contributed by atoms with E-state index in [0.29, 0.717) is 24.2 Å². The summed E-state index contributed by atoms with van der Waals surface area (Å²) in [4.78, 5) is 22.3. The number of nitrogens with two attached hydrogens (primary N) is 1. The molecule has 120 valence electrons. The van der Waals surface area contributed by atoms with Crippen LogP contribution >= 0.6 is 0 Å². The van der Waals surface area contributed by atoms with Gasteiger partial charge in [0.25, 0.3) is 5.91 Å². The number of amides is 1. The third kappa shape index (κ3) is 2.77. The zero-order valence-electron chi connectivity index (χ0n) is 13.3. The molecule has 6 nitrogen and oxygen atoms in total. The van der Waals surface area contributed by atoms with Gasteiger partial charge in [-0.05, 0) is 31.4 Å². The van der Waals surface area contributed by atoms with Gasteiger partial charge in [0.1, 0.15) is 5.60 Å². The minimum atomic E-state index is -1.01. The molecule has 1 atom stereocenters. The number of likely N-dealkylation sites (tertiary alicyclic amines) is 1. The summed E-state index contributed by atoms with van der Waals surface area (Å²) < 4.78 is 0. The predicted octanol–water partition coefficient (Wildman–Crippen LogP) is 1.41. The second-order valence-electron chi connectivity index (χ2n) is 6.05. The molecule has 1 aromatic heterocycles. The van der Waals surface area contributed by atoms with Gasteiger partial charge < -0.3 is 15.7 Å². The molecule has 3 rings (SSSR count). The first-order valence-electron chi connectivity index (χ1n) is 7.57. The van der Waals surface area contributed by atoms with Gasteiger partial charge in [-0.3, -0.25) is 4.79 Å². The van der Waals surface area contributed by atoms with Gasteiger partial charge in [0, 0.05) is 12.7 Å². The molecule has 1 fully saturated rings. The zero-order valence-corrected chi connectivity index (χ0v) is 13.3. The maximum absolute atomic E-state index is 12.7. The summed E-state index contributed by atoms with van der Waals surface area (Å²) in [5.41, 5.74) is 7.39. The molecule has 2 heterocycles. The molecular weight excluding hydrogens is 292 g/mol. The number of hydrogen-bond acceptors (Lipinski definition) is 5. The lowest BCUT2D eigenvalue weighted by molar-refractivity contribution is 0.0412. The van der Waals surface area contributed by atoms with Gasteiger partial charge in [0.2, 0.25) is 5.95 Å². The second kappa shape index (κ2) is 5.62. The van der Waals surface area contributed by atoms with Crippen LogP contribution in [0.3, 0.4) is 0 Å². The van der Waals surface area contributed by atoms with Crippen molar-refractivity contribution in [3.05, 3.63) is 52.8 Å². The normalized spacial score (nSPS) is 20.7. The lowest BCUT2D eigenvalue weighted by Gasteiger charge is -2.25. The summed E-state index contributed by atoms with van der Waals surface area (Å²) in [7, 11) is 0. The Morgan fingerprint density at radius 3 is 2.78 bits per heavy atom. The highest BCUT2D eigenvalue weighted by atomic mass is 16.3. The number of anilines is 1. The van der Waals surface area contributed by atoms with E-state index in [1.54, 1.807) is 11.8 Å². The van der Waals surface area contributed by atoms with Gasteiger partial charge >= 0.3 is 0 Å². The smallest absolute Gasteiger partial charge is 0.257 e. The van der Waals surface area contributed by atoms with Crippen LogP contribution in [0.4, 0.5) is 5.95 Å². The van der Waals surface area contributed by atoms with E-state index in [1.807, 2.05) is 31.2 Å². The molecule has 0 unspecified atom stereocenters. The highest BCUT2D eigenvalue weighted by molar-refractivity contribution is 5.95. The van der Waals surface area contributed by atoms with Crippen LogP contribution in [0.5, 0.6) is 0 Å². The SMILES string of the molecule is Cc1ccccc1[C@@]1(O)CCN(C(=O)c2cnc(N)nc2C)C1. The van der Waals surface area contributed by atoms with Gasteiger partial charge in [-0.1, -0.05) is 24.3 Å². The monoisotopic (exact) mass is 312 g/mol. The Balaban J connectivity index is 1.85. The number of aliphatic hydroxyl groups is 1. The van der Waals surface area contributed by atoms with Crippen LogP contribution in [0.25, 0.3) is 0 Å². The summed E-state index contributed by atoms with van der Waals surface area (Å²) >= 11 is 0. The van der Waals surface area contributed by atoms with E-state index in [1.165, 1.54) is 6.20 Å². The number of aryl methyl sites for hydroxylation is 2. The first kappa shape index (κ1) is 15.4. The molecule has 0 spiro atoms. The van der Waals surface area contributed by atoms with Crippen molar-refractivity contribution < 1.29 is 9.90 Å². The van der Waals surface area contributed by atoms with Gasteiger partial charge in [0.05, 0.1) is 17.8 Å². The molecular formula is C17H20N4O2. The van der Waals surface area contributed by atoms with E-state index in [0.717, 1.165) is 11.1 Å². The fourth-order valence-corrected chi connectivity index (χ4v) is 3.15. The molecule has 6 heteroatoms. The maximum atomic E-state index is 12.7. The first-order chi connectivity index (χ1) is 10.9. The number of nitrogen functional groups attached to an aromatic ring is 1.